The minimum Gasteiger partial charge on any atom is -0.339 e. The van der Waals surface area contributed by atoms with Gasteiger partial charge in [0, 0.05) is 17.9 Å². The first kappa shape index (κ1) is 14.3. The molecule has 6 nitrogen and oxygen atoms in total. The zero-order valence-corrected chi connectivity index (χ0v) is 13.0. The van der Waals surface area contributed by atoms with Crippen LogP contribution in [-0.4, -0.2) is 19.9 Å². The molecule has 0 fully saturated rings. The van der Waals surface area contributed by atoms with Crippen molar-refractivity contribution in [3.05, 3.63) is 76.5 Å². The van der Waals surface area contributed by atoms with Crippen molar-refractivity contribution in [2.75, 3.05) is 0 Å². The maximum absolute atomic E-state index is 12.5. The highest BCUT2D eigenvalue weighted by Crippen LogP contribution is 2.16. The molecule has 0 radical (unpaired) electrons. The van der Waals surface area contributed by atoms with Gasteiger partial charge < -0.3 is 4.52 Å². The van der Waals surface area contributed by atoms with Gasteiger partial charge in [-0.2, -0.15) is 10.1 Å². The summed E-state index contributed by atoms with van der Waals surface area (Å²) in [7, 11) is 0. The van der Waals surface area contributed by atoms with Gasteiger partial charge in [-0.15, -0.1) is 0 Å². The van der Waals surface area contributed by atoms with Gasteiger partial charge in [0.05, 0.1) is 18.1 Å². The van der Waals surface area contributed by atoms with Crippen molar-refractivity contribution in [2.24, 2.45) is 0 Å². The van der Waals surface area contributed by atoms with Crippen LogP contribution in [0.1, 0.15) is 11.5 Å². The Balaban J connectivity index is 1.64. The molecular formula is C18H14N4O2. The lowest BCUT2D eigenvalue weighted by Crippen LogP contribution is -2.23. The van der Waals surface area contributed by atoms with Crippen molar-refractivity contribution >= 4 is 10.8 Å². The summed E-state index contributed by atoms with van der Waals surface area (Å²) in [5.41, 5.74) is 1.75. The number of aryl methyl sites for hydroxylation is 1. The van der Waals surface area contributed by atoms with Crippen LogP contribution in [0.4, 0.5) is 0 Å². The van der Waals surface area contributed by atoms with Gasteiger partial charge in [-0.05, 0) is 11.6 Å². The fraction of sp³-hybridized carbons (Fsp3) is 0.111. The molecule has 0 unspecified atom stereocenters. The number of nitrogens with zero attached hydrogens (tertiary/aromatic N) is 4. The van der Waals surface area contributed by atoms with Crippen LogP contribution in [0.5, 0.6) is 0 Å². The standard InChI is InChI=1S/C18H14N4O2/c1-12-20-17(21-24-12)14-8-6-13(7-9-14)11-22-18(23)16-5-3-2-4-15(16)10-19-22/h2-10H,11H2,1H3. The van der Waals surface area contributed by atoms with Gasteiger partial charge in [-0.1, -0.05) is 47.6 Å². The molecule has 2 aromatic carbocycles. The second-order valence-electron chi connectivity index (χ2n) is 5.53. The monoisotopic (exact) mass is 318 g/mol. The van der Waals surface area contributed by atoms with E-state index in [0.29, 0.717) is 23.6 Å². The van der Waals surface area contributed by atoms with E-state index in [9.17, 15) is 4.79 Å². The van der Waals surface area contributed by atoms with Crippen molar-refractivity contribution < 1.29 is 4.52 Å². The van der Waals surface area contributed by atoms with Gasteiger partial charge in [0.25, 0.3) is 5.56 Å². The highest BCUT2D eigenvalue weighted by atomic mass is 16.5. The fourth-order valence-electron chi connectivity index (χ4n) is 2.59. The molecule has 2 aromatic heterocycles. The maximum Gasteiger partial charge on any atom is 0.274 e. The average molecular weight is 318 g/mol. The van der Waals surface area contributed by atoms with Crippen LogP contribution in [0, 0.1) is 6.92 Å². The Hall–Kier alpha value is -3.28. The molecule has 0 amide bonds. The highest BCUT2D eigenvalue weighted by molar-refractivity contribution is 5.80. The summed E-state index contributed by atoms with van der Waals surface area (Å²) in [4.78, 5) is 16.7. The largest absolute Gasteiger partial charge is 0.339 e. The van der Waals surface area contributed by atoms with E-state index in [-0.39, 0.29) is 5.56 Å². The maximum atomic E-state index is 12.5. The molecular weight excluding hydrogens is 304 g/mol. The minimum atomic E-state index is -0.0917. The number of benzene rings is 2. The summed E-state index contributed by atoms with van der Waals surface area (Å²) >= 11 is 0. The second-order valence-corrected chi connectivity index (χ2v) is 5.53. The molecule has 24 heavy (non-hydrogen) atoms. The van der Waals surface area contributed by atoms with Crippen molar-refractivity contribution in [3.8, 4) is 11.4 Å². The van der Waals surface area contributed by atoms with Crippen molar-refractivity contribution in [3.63, 3.8) is 0 Å². The van der Waals surface area contributed by atoms with E-state index in [1.807, 2.05) is 48.5 Å². The molecule has 0 bridgehead atoms. The molecule has 0 aliphatic rings. The summed E-state index contributed by atoms with van der Waals surface area (Å²) in [5, 5.41) is 9.67. The Morgan fingerprint density at radius 1 is 1.08 bits per heavy atom. The van der Waals surface area contributed by atoms with E-state index in [0.717, 1.165) is 16.5 Å². The van der Waals surface area contributed by atoms with Gasteiger partial charge >= 0.3 is 0 Å². The van der Waals surface area contributed by atoms with Crippen LogP contribution < -0.4 is 5.56 Å². The molecule has 0 aliphatic heterocycles. The summed E-state index contributed by atoms with van der Waals surface area (Å²) < 4.78 is 6.45. The Morgan fingerprint density at radius 3 is 2.62 bits per heavy atom. The number of rotatable bonds is 3. The van der Waals surface area contributed by atoms with E-state index in [4.69, 9.17) is 4.52 Å². The molecule has 0 saturated heterocycles. The molecule has 0 N–H and O–H groups in total. The normalized spacial score (nSPS) is 11.0. The molecule has 0 atom stereocenters. The number of hydrogen-bond acceptors (Lipinski definition) is 5. The van der Waals surface area contributed by atoms with Crippen LogP contribution in [0.2, 0.25) is 0 Å². The van der Waals surface area contributed by atoms with E-state index < -0.39 is 0 Å². The third kappa shape index (κ3) is 2.58. The van der Waals surface area contributed by atoms with Crippen molar-refractivity contribution in [2.45, 2.75) is 13.5 Å². The van der Waals surface area contributed by atoms with Crippen molar-refractivity contribution in [1.29, 1.82) is 0 Å². The topological polar surface area (TPSA) is 73.8 Å². The van der Waals surface area contributed by atoms with Crippen LogP contribution >= 0.6 is 0 Å². The third-order valence-electron chi connectivity index (χ3n) is 3.83. The molecule has 0 saturated carbocycles. The van der Waals surface area contributed by atoms with Crippen LogP contribution in [-0.2, 0) is 6.54 Å². The van der Waals surface area contributed by atoms with E-state index >= 15 is 0 Å². The van der Waals surface area contributed by atoms with Gasteiger partial charge in [0.2, 0.25) is 11.7 Å². The summed E-state index contributed by atoms with van der Waals surface area (Å²) in [6.07, 6.45) is 1.72. The quantitative estimate of drug-likeness (QED) is 0.581. The minimum absolute atomic E-state index is 0.0917. The van der Waals surface area contributed by atoms with E-state index in [1.165, 1.54) is 4.68 Å². The van der Waals surface area contributed by atoms with Crippen LogP contribution in [0.3, 0.4) is 0 Å². The van der Waals surface area contributed by atoms with Crippen molar-refractivity contribution in [1.82, 2.24) is 19.9 Å². The molecule has 0 aliphatic carbocycles. The Bertz CT molecular complexity index is 1060. The smallest absolute Gasteiger partial charge is 0.274 e. The number of aromatic nitrogens is 4. The van der Waals surface area contributed by atoms with Crippen LogP contribution in [0.15, 0.2) is 64.0 Å². The van der Waals surface area contributed by atoms with Gasteiger partial charge in [-0.3, -0.25) is 4.79 Å². The number of hydrogen-bond donors (Lipinski definition) is 0. The molecule has 6 heteroatoms. The lowest BCUT2D eigenvalue weighted by molar-refractivity contribution is 0.394. The lowest BCUT2D eigenvalue weighted by atomic mass is 10.1. The molecule has 2 heterocycles. The van der Waals surface area contributed by atoms with E-state index in [2.05, 4.69) is 15.2 Å². The van der Waals surface area contributed by atoms with Gasteiger partial charge in [0.1, 0.15) is 0 Å². The molecule has 4 aromatic rings. The zero-order valence-electron chi connectivity index (χ0n) is 13.0. The highest BCUT2D eigenvalue weighted by Gasteiger charge is 2.07. The summed E-state index contributed by atoms with van der Waals surface area (Å²) in [5.74, 6) is 1.08. The predicted molar refractivity (Wildman–Crippen MR) is 89.6 cm³/mol. The zero-order chi connectivity index (χ0) is 16.5. The van der Waals surface area contributed by atoms with Gasteiger partial charge in [0.15, 0.2) is 0 Å². The van der Waals surface area contributed by atoms with E-state index in [1.54, 1.807) is 13.1 Å². The molecule has 4 rings (SSSR count). The third-order valence-corrected chi connectivity index (χ3v) is 3.83. The molecule has 0 spiro atoms. The lowest BCUT2D eigenvalue weighted by Gasteiger charge is -2.06. The average Bonchev–Trinajstić information content (AvgIpc) is 3.05. The predicted octanol–water partition coefficient (Wildman–Crippen LogP) is 2.80. The first-order valence-corrected chi connectivity index (χ1v) is 7.55. The number of fused-ring (bicyclic) bond motifs is 1. The Morgan fingerprint density at radius 2 is 1.88 bits per heavy atom. The Kier molecular flexibility index (Phi) is 3.42. The SMILES string of the molecule is Cc1nc(-c2ccc(Cn3ncc4ccccc4c3=O)cc2)no1. The second kappa shape index (κ2) is 5.73. The Labute approximate surface area is 137 Å². The first-order valence-electron chi connectivity index (χ1n) is 7.55. The van der Waals surface area contributed by atoms with Gasteiger partial charge in [-0.25, -0.2) is 4.68 Å². The first-order chi connectivity index (χ1) is 11.7. The summed E-state index contributed by atoms with van der Waals surface area (Å²) in [6, 6.07) is 15.1. The van der Waals surface area contributed by atoms with Crippen LogP contribution in [0.25, 0.3) is 22.2 Å². The fourth-order valence-corrected chi connectivity index (χ4v) is 2.59. The molecule has 118 valence electrons. The summed E-state index contributed by atoms with van der Waals surface area (Å²) in [6.45, 7) is 2.16.